The number of rotatable bonds is 6. The van der Waals surface area contributed by atoms with Crippen LogP contribution in [0.25, 0.3) is 0 Å². The van der Waals surface area contributed by atoms with Gasteiger partial charge in [-0.2, -0.15) is 0 Å². The van der Waals surface area contributed by atoms with Crippen molar-refractivity contribution in [3.63, 3.8) is 0 Å². The molecule has 0 saturated carbocycles. The van der Waals surface area contributed by atoms with Crippen LogP contribution in [0.1, 0.15) is 18.9 Å². The Bertz CT molecular complexity index is 646. The molecule has 0 heterocycles. The molecule has 0 aliphatic heterocycles. The summed E-state index contributed by atoms with van der Waals surface area (Å²) in [4.78, 5) is 0.262. The highest BCUT2D eigenvalue weighted by Crippen LogP contribution is 2.33. The maximum absolute atomic E-state index is 6.14. The van der Waals surface area contributed by atoms with E-state index in [1.165, 1.54) is 0 Å². The highest BCUT2D eigenvalue weighted by Gasteiger charge is 2.08. The van der Waals surface area contributed by atoms with Crippen molar-refractivity contribution in [1.29, 1.82) is 0 Å². The smallest absolute Gasteiger partial charge is 0.169 e. The van der Waals surface area contributed by atoms with Crippen LogP contribution in [-0.4, -0.2) is 11.6 Å². The number of ether oxygens (including phenoxy) is 2. The number of hydrogen-bond donors (Lipinski definition) is 1. The van der Waals surface area contributed by atoms with E-state index in [0.717, 1.165) is 6.42 Å². The largest absolute Gasteiger partial charge is 0.490 e. The van der Waals surface area contributed by atoms with Crippen LogP contribution < -0.4 is 15.2 Å². The number of benzene rings is 2. The highest BCUT2D eigenvalue weighted by atomic mass is 35.5. The Labute approximate surface area is 134 Å². The second-order valence-corrected chi connectivity index (χ2v) is 5.25. The Balaban J connectivity index is 2.22. The van der Waals surface area contributed by atoms with Gasteiger partial charge in [0.25, 0.3) is 0 Å². The minimum atomic E-state index is 0.262. The first-order valence-electron chi connectivity index (χ1n) is 6.61. The first-order valence-corrected chi connectivity index (χ1v) is 7.39. The van der Waals surface area contributed by atoms with Gasteiger partial charge in [0.05, 0.1) is 11.6 Å². The SMILES string of the molecule is CCCOc1ccccc1Oc1ccc(C(N)=S)c(Cl)c1. The van der Waals surface area contributed by atoms with Crippen molar-refractivity contribution in [2.75, 3.05) is 6.61 Å². The predicted molar refractivity (Wildman–Crippen MR) is 89.6 cm³/mol. The highest BCUT2D eigenvalue weighted by molar-refractivity contribution is 7.80. The molecule has 2 rings (SSSR count). The van der Waals surface area contributed by atoms with E-state index in [4.69, 9.17) is 39.0 Å². The van der Waals surface area contributed by atoms with Crippen LogP contribution in [0.15, 0.2) is 42.5 Å². The topological polar surface area (TPSA) is 44.5 Å². The Hall–Kier alpha value is -1.78. The van der Waals surface area contributed by atoms with E-state index in [9.17, 15) is 0 Å². The van der Waals surface area contributed by atoms with Crippen LogP contribution in [0.2, 0.25) is 5.02 Å². The summed E-state index contributed by atoms with van der Waals surface area (Å²) in [6.07, 6.45) is 0.933. The van der Waals surface area contributed by atoms with Crippen LogP contribution in [0.3, 0.4) is 0 Å². The van der Waals surface area contributed by atoms with Crippen molar-refractivity contribution in [3.05, 3.63) is 53.1 Å². The van der Waals surface area contributed by atoms with E-state index in [1.807, 2.05) is 24.3 Å². The molecule has 0 unspecified atom stereocenters. The summed E-state index contributed by atoms with van der Waals surface area (Å²) in [6, 6.07) is 12.7. The molecule has 0 amide bonds. The molecule has 21 heavy (non-hydrogen) atoms. The molecule has 3 nitrogen and oxygen atoms in total. The maximum atomic E-state index is 6.14. The van der Waals surface area contributed by atoms with Gasteiger partial charge in [0.2, 0.25) is 0 Å². The molecule has 0 bridgehead atoms. The summed E-state index contributed by atoms with van der Waals surface area (Å²) >= 11 is 11.1. The van der Waals surface area contributed by atoms with E-state index in [0.29, 0.717) is 34.4 Å². The Morgan fingerprint density at radius 3 is 2.52 bits per heavy atom. The predicted octanol–water partition coefficient (Wildman–Crippen LogP) is 4.56. The lowest BCUT2D eigenvalue weighted by atomic mass is 10.2. The average molecular weight is 322 g/mol. The molecule has 2 aromatic rings. The number of halogens is 1. The van der Waals surface area contributed by atoms with Crippen LogP contribution in [0.4, 0.5) is 0 Å². The second kappa shape index (κ2) is 7.29. The first kappa shape index (κ1) is 15.6. The van der Waals surface area contributed by atoms with Crippen molar-refractivity contribution in [3.8, 4) is 17.2 Å². The van der Waals surface area contributed by atoms with Crippen molar-refractivity contribution in [1.82, 2.24) is 0 Å². The van der Waals surface area contributed by atoms with E-state index >= 15 is 0 Å². The van der Waals surface area contributed by atoms with Gasteiger partial charge in [-0.1, -0.05) is 42.9 Å². The van der Waals surface area contributed by atoms with E-state index in [-0.39, 0.29) is 4.99 Å². The average Bonchev–Trinajstić information content (AvgIpc) is 2.46. The van der Waals surface area contributed by atoms with Crippen molar-refractivity contribution < 1.29 is 9.47 Å². The van der Waals surface area contributed by atoms with Gasteiger partial charge in [-0.05, 0) is 30.7 Å². The zero-order chi connectivity index (χ0) is 15.2. The molecule has 5 heteroatoms. The van der Waals surface area contributed by atoms with E-state index in [1.54, 1.807) is 18.2 Å². The number of para-hydroxylation sites is 2. The maximum Gasteiger partial charge on any atom is 0.169 e. The lowest BCUT2D eigenvalue weighted by Gasteiger charge is -2.12. The van der Waals surface area contributed by atoms with Crippen molar-refractivity contribution in [2.45, 2.75) is 13.3 Å². The summed E-state index contributed by atoms with van der Waals surface area (Å²) in [5, 5.41) is 0.465. The third kappa shape index (κ3) is 4.09. The summed E-state index contributed by atoms with van der Waals surface area (Å²) in [5.41, 5.74) is 6.22. The van der Waals surface area contributed by atoms with E-state index < -0.39 is 0 Å². The lowest BCUT2D eigenvalue weighted by molar-refractivity contribution is 0.302. The number of thiocarbonyl (C=S) groups is 1. The molecule has 110 valence electrons. The van der Waals surface area contributed by atoms with Gasteiger partial charge in [0.15, 0.2) is 11.5 Å². The zero-order valence-electron chi connectivity index (χ0n) is 11.6. The van der Waals surface area contributed by atoms with Gasteiger partial charge < -0.3 is 15.2 Å². The lowest BCUT2D eigenvalue weighted by Crippen LogP contribution is -2.09. The fourth-order valence-electron chi connectivity index (χ4n) is 1.75. The first-order chi connectivity index (χ1) is 10.1. The van der Waals surface area contributed by atoms with Crippen molar-refractivity contribution in [2.24, 2.45) is 5.73 Å². The van der Waals surface area contributed by atoms with Gasteiger partial charge in [0.1, 0.15) is 10.7 Å². The van der Waals surface area contributed by atoms with Crippen LogP contribution in [0, 0.1) is 0 Å². The Morgan fingerprint density at radius 2 is 1.90 bits per heavy atom. The molecular weight excluding hydrogens is 306 g/mol. The van der Waals surface area contributed by atoms with Gasteiger partial charge >= 0.3 is 0 Å². The molecule has 0 saturated heterocycles. The molecule has 0 aliphatic rings. The van der Waals surface area contributed by atoms with Crippen molar-refractivity contribution >= 4 is 28.8 Å². The van der Waals surface area contributed by atoms with Gasteiger partial charge in [0, 0.05) is 11.6 Å². The molecule has 0 spiro atoms. The summed E-state index contributed by atoms with van der Waals surface area (Å²) in [5.74, 6) is 1.95. The molecule has 0 aromatic heterocycles. The molecule has 2 aromatic carbocycles. The molecule has 0 fully saturated rings. The molecule has 0 aliphatic carbocycles. The zero-order valence-corrected chi connectivity index (χ0v) is 13.2. The Morgan fingerprint density at radius 1 is 1.19 bits per heavy atom. The third-order valence-corrected chi connectivity index (χ3v) is 3.28. The molecule has 2 N–H and O–H groups in total. The molecular formula is C16H16ClNO2S. The third-order valence-electron chi connectivity index (χ3n) is 2.74. The summed E-state index contributed by atoms with van der Waals surface area (Å²) in [7, 11) is 0. The summed E-state index contributed by atoms with van der Waals surface area (Å²) < 4.78 is 11.5. The standard InChI is InChI=1S/C16H16ClNO2S/c1-2-9-19-14-5-3-4-6-15(14)20-11-7-8-12(16(18)21)13(17)10-11/h3-8,10H,2,9H2,1H3,(H2,18,21). The minimum Gasteiger partial charge on any atom is -0.490 e. The number of nitrogens with two attached hydrogens (primary N) is 1. The van der Waals surface area contributed by atoms with Gasteiger partial charge in [-0.25, -0.2) is 0 Å². The fourth-order valence-corrected chi connectivity index (χ4v) is 2.26. The quantitative estimate of drug-likeness (QED) is 0.792. The van der Waals surface area contributed by atoms with Crippen LogP contribution >= 0.6 is 23.8 Å². The van der Waals surface area contributed by atoms with Crippen LogP contribution in [0.5, 0.6) is 17.2 Å². The normalized spacial score (nSPS) is 10.2. The molecule has 0 atom stereocenters. The van der Waals surface area contributed by atoms with Gasteiger partial charge in [-0.3, -0.25) is 0 Å². The Kier molecular flexibility index (Phi) is 5.42. The minimum absolute atomic E-state index is 0.262. The summed E-state index contributed by atoms with van der Waals surface area (Å²) in [6.45, 7) is 2.69. The van der Waals surface area contributed by atoms with Crippen LogP contribution in [-0.2, 0) is 0 Å². The molecule has 0 radical (unpaired) electrons. The second-order valence-electron chi connectivity index (χ2n) is 4.40. The monoisotopic (exact) mass is 321 g/mol. The van der Waals surface area contributed by atoms with E-state index in [2.05, 4.69) is 6.92 Å². The van der Waals surface area contributed by atoms with Gasteiger partial charge in [-0.15, -0.1) is 0 Å². The number of hydrogen-bond acceptors (Lipinski definition) is 3. The fraction of sp³-hybridized carbons (Fsp3) is 0.188.